The summed E-state index contributed by atoms with van der Waals surface area (Å²) in [6, 6.07) is 20.1. The molecular formula is C28H20Cl3N3O2S. The summed E-state index contributed by atoms with van der Waals surface area (Å²) in [5, 5.41) is 2.55. The number of carbonyl (C=O) groups is 2. The highest BCUT2D eigenvalue weighted by atomic mass is 35.5. The van der Waals surface area contributed by atoms with Crippen LogP contribution in [-0.4, -0.2) is 32.9 Å². The van der Waals surface area contributed by atoms with Crippen molar-refractivity contribution in [2.24, 2.45) is 0 Å². The maximum atomic E-state index is 13.7. The summed E-state index contributed by atoms with van der Waals surface area (Å²) in [6.07, 6.45) is 3.57. The Hall–Kier alpha value is -3.16. The zero-order valence-corrected chi connectivity index (χ0v) is 22.7. The van der Waals surface area contributed by atoms with E-state index in [9.17, 15) is 9.59 Å². The molecule has 4 aromatic rings. The smallest absolute Gasteiger partial charge is 0.270 e. The first-order chi connectivity index (χ1) is 17.8. The maximum Gasteiger partial charge on any atom is 0.270 e. The van der Waals surface area contributed by atoms with Crippen LogP contribution in [0.25, 0.3) is 17.0 Å². The second-order valence-electron chi connectivity index (χ2n) is 8.48. The summed E-state index contributed by atoms with van der Waals surface area (Å²) in [7, 11) is 0. The first-order valence-electron chi connectivity index (χ1n) is 11.5. The van der Waals surface area contributed by atoms with Crippen molar-refractivity contribution in [2.75, 3.05) is 11.4 Å². The van der Waals surface area contributed by atoms with Gasteiger partial charge in [-0.3, -0.25) is 19.4 Å². The molecule has 5 rings (SSSR count). The van der Waals surface area contributed by atoms with Crippen molar-refractivity contribution in [3.05, 3.63) is 105 Å². The molecule has 3 aromatic carbocycles. The summed E-state index contributed by atoms with van der Waals surface area (Å²) in [5.74, 6) is -0.910. The number of halogens is 3. The van der Waals surface area contributed by atoms with E-state index in [0.717, 1.165) is 22.0 Å². The van der Waals surface area contributed by atoms with Crippen molar-refractivity contribution in [1.82, 2.24) is 9.47 Å². The molecular weight excluding hydrogens is 549 g/mol. The minimum Gasteiger partial charge on any atom is -0.342 e. The highest BCUT2D eigenvalue weighted by molar-refractivity contribution is 7.80. The quantitative estimate of drug-likeness (QED) is 0.145. The van der Waals surface area contributed by atoms with Gasteiger partial charge in [-0.05, 0) is 73.2 Å². The third-order valence-corrected chi connectivity index (χ3v) is 7.58. The summed E-state index contributed by atoms with van der Waals surface area (Å²) in [6.45, 7) is 2.68. The number of carbonyl (C=O) groups excluding carboxylic acids is 2. The van der Waals surface area contributed by atoms with Crippen molar-refractivity contribution in [3.8, 4) is 0 Å². The molecule has 1 aliphatic heterocycles. The molecule has 0 N–H and O–H groups in total. The molecule has 0 aliphatic carbocycles. The third kappa shape index (κ3) is 4.78. The molecule has 1 saturated heterocycles. The molecule has 0 saturated carbocycles. The topological polar surface area (TPSA) is 45.6 Å². The number of aromatic nitrogens is 1. The van der Waals surface area contributed by atoms with Gasteiger partial charge in [0.05, 0.1) is 15.7 Å². The standard InChI is InChI=1S/C28H20Cl3N3O2S/c1-2-33-26(35)22(27(36)34(28(33)37)20-10-8-19(29)9-11-20)14-18-16-32(25-6-4-3-5-21(18)25)15-17-7-12-23(30)24(31)13-17/h3-14,16H,2,15H2,1H3/b22-14+. The van der Waals surface area contributed by atoms with E-state index < -0.39 is 11.8 Å². The predicted octanol–water partition coefficient (Wildman–Crippen LogP) is 7.21. The number of hydrogen-bond donors (Lipinski definition) is 0. The van der Waals surface area contributed by atoms with Crippen LogP contribution in [-0.2, 0) is 16.1 Å². The summed E-state index contributed by atoms with van der Waals surface area (Å²) >= 11 is 23.9. The lowest BCUT2D eigenvalue weighted by Crippen LogP contribution is -2.56. The number of benzene rings is 3. The summed E-state index contributed by atoms with van der Waals surface area (Å²) in [5.41, 5.74) is 3.23. The minimum absolute atomic E-state index is 0.0304. The molecule has 186 valence electrons. The van der Waals surface area contributed by atoms with Crippen LogP contribution in [0.1, 0.15) is 18.1 Å². The van der Waals surface area contributed by atoms with Crippen LogP contribution >= 0.6 is 47.0 Å². The van der Waals surface area contributed by atoms with E-state index in [4.69, 9.17) is 47.0 Å². The molecule has 1 aliphatic rings. The minimum atomic E-state index is -0.483. The Labute approximate surface area is 234 Å². The molecule has 37 heavy (non-hydrogen) atoms. The molecule has 1 aromatic heterocycles. The Morgan fingerprint density at radius 3 is 2.32 bits per heavy atom. The second kappa shape index (κ2) is 10.3. The van der Waals surface area contributed by atoms with Crippen LogP contribution in [0.4, 0.5) is 5.69 Å². The first kappa shape index (κ1) is 25.5. The molecule has 0 atom stereocenters. The van der Waals surface area contributed by atoms with Gasteiger partial charge in [0, 0.05) is 40.8 Å². The zero-order chi connectivity index (χ0) is 26.3. The molecule has 2 amide bonds. The highest BCUT2D eigenvalue weighted by Crippen LogP contribution is 2.30. The van der Waals surface area contributed by atoms with Crippen LogP contribution in [0.3, 0.4) is 0 Å². The van der Waals surface area contributed by atoms with Gasteiger partial charge in [-0.15, -0.1) is 0 Å². The fourth-order valence-electron chi connectivity index (χ4n) is 4.38. The van der Waals surface area contributed by atoms with Crippen LogP contribution in [0.15, 0.2) is 78.5 Å². The van der Waals surface area contributed by atoms with Gasteiger partial charge in [0.1, 0.15) is 5.57 Å². The zero-order valence-electron chi connectivity index (χ0n) is 19.6. The number of nitrogens with zero attached hydrogens (tertiary/aromatic N) is 3. The average molecular weight is 569 g/mol. The number of anilines is 1. The average Bonchev–Trinajstić information content (AvgIpc) is 3.22. The molecule has 9 heteroatoms. The Kier molecular flexibility index (Phi) is 7.10. The molecule has 0 bridgehead atoms. The molecule has 0 unspecified atom stereocenters. The van der Waals surface area contributed by atoms with Crippen molar-refractivity contribution in [2.45, 2.75) is 13.5 Å². The van der Waals surface area contributed by atoms with Crippen LogP contribution in [0.2, 0.25) is 15.1 Å². The van der Waals surface area contributed by atoms with E-state index in [1.165, 1.54) is 9.80 Å². The van der Waals surface area contributed by atoms with Gasteiger partial charge in [-0.1, -0.05) is 59.1 Å². The molecule has 2 heterocycles. The van der Waals surface area contributed by atoms with Gasteiger partial charge in [0.25, 0.3) is 11.8 Å². The van der Waals surface area contributed by atoms with E-state index in [1.807, 2.05) is 49.5 Å². The molecule has 1 fully saturated rings. The Morgan fingerprint density at radius 2 is 1.62 bits per heavy atom. The van der Waals surface area contributed by atoms with Crippen molar-refractivity contribution < 1.29 is 9.59 Å². The maximum absolute atomic E-state index is 13.7. The van der Waals surface area contributed by atoms with Gasteiger partial charge in [-0.25, -0.2) is 0 Å². The fraction of sp³-hybridized carbons (Fsp3) is 0.107. The van der Waals surface area contributed by atoms with Gasteiger partial charge >= 0.3 is 0 Å². The third-order valence-electron chi connectivity index (χ3n) is 6.19. The van der Waals surface area contributed by atoms with E-state index in [0.29, 0.717) is 33.8 Å². The van der Waals surface area contributed by atoms with Crippen LogP contribution in [0, 0.1) is 0 Å². The highest BCUT2D eigenvalue weighted by Gasteiger charge is 2.39. The summed E-state index contributed by atoms with van der Waals surface area (Å²) in [4.78, 5) is 29.8. The molecule has 0 spiro atoms. The SMILES string of the molecule is CCN1C(=O)/C(=C\c2cn(Cc3ccc(Cl)c(Cl)c3)c3ccccc23)C(=O)N(c2ccc(Cl)cc2)C1=S. The second-order valence-corrected chi connectivity index (χ2v) is 10.1. The Bertz CT molecular complexity index is 1590. The van der Waals surface area contributed by atoms with E-state index >= 15 is 0 Å². The lowest BCUT2D eigenvalue weighted by atomic mass is 10.1. The number of para-hydroxylation sites is 1. The number of likely N-dealkylation sites (N-methyl/N-ethyl adjacent to an activating group) is 1. The monoisotopic (exact) mass is 567 g/mol. The fourth-order valence-corrected chi connectivity index (χ4v) is 5.23. The number of thiocarbonyl (C=S) groups is 1. The number of amides is 2. The van der Waals surface area contributed by atoms with E-state index in [1.54, 1.807) is 36.4 Å². The number of rotatable bonds is 5. The largest absolute Gasteiger partial charge is 0.342 e. The predicted molar refractivity (Wildman–Crippen MR) is 154 cm³/mol. The number of hydrogen-bond acceptors (Lipinski definition) is 3. The molecule has 5 nitrogen and oxygen atoms in total. The van der Waals surface area contributed by atoms with Gasteiger partial charge < -0.3 is 4.57 Å². The van der Waals surface area contributed by atoms with Gasteiger partial charge in [0.15, 0.2) is 5.11 Å². The lowest BCUT2D eigenvalue weighted by Gasteiger charge is -2.36. The first-order valence-corrected chi connectivity index (χ1v) is 13.0. The van der Waals surface area contributed by atoms with Crippen molar-refractivity contribution in [3.63, 3.8) is 0 Å². The van der Waals surface area contributed by atoms with Gasteiger partial charge in [0.2, 0.25) is 0 Å². The van der Waals surface area contributed by atoms with Crippen LogP contribution in [0.5, 0.6) is 0 Å². The van der Waals surface area contributed by atoms with Gasteiger partial charge in [-0.2, -0.15) is 0 Å². The number of fused-ring (bicyclic) bond motifs is 1. The normalized spacial score (nSPS) is 15.4. The Morgan fingerprint density at radius 1 is 0.892 bits per heavy atom. The Balaban J connectivity index is 1.60. The summed E-state index contributed by atoms with van der Waals surface area (Å²) < 4.78 is 2.05. The van der Waals surface area contributed by atoms with Crippen molar-refractivity contribution >= 4 is 86.6 Å². The van der Waals surface area contributed by atoms with E-state index in [-0.39, 0.29) is 10.7 Å². The van der Waals surface area contributed by atoms with Crippen molar-refractivity contribution in [1.29, 1.82) is 0 Å². The molecule has 0 radical (unpaired) electrons. The van der Waals surface area contributed by atoms with Crippen LogP contribution < -0.4 is 4.90 Å². The van der Waals surface area contributed by atoms with E-state index in [2.05, 4.69) is 4.57 Å². The lowest BCUT2D eigenvalue weighted by molar-refractivity contribution is -0.127.